The Bertz CT molecular complexity index is 1290. The van der Waals surface area contributed by atoms with Gasteiger partial charge in [0.2, 0.25) is 5.78 Å². The number of hydrogen-bond donors (Lipinski definition) is 2. The quantitative estimate of drug-likeness (QED) is 0.326. The minimum absolute atomic E-state index is 0.135. The molecule has 1 amide bonds. The van der Waals surface area contributed by atoms with E-state index in [0.717, 1.165) is 25.9 Å². The van der Waals surface area contributed by atoms with Gasteiger partial charge in [0, 0.05) is 12.1 Å². The van der Waals surface area contributed by atoms with E-state index in [0.29, 0.717) is 48.3 Å². The molecule has 0 unspecified atom stereocenters. The average Bonchev–Trinajstić information content (AvgIpc) is 3.46. The monoisotopic (exact) mass is 520 g/mol. The van der Waals surface area contributed by atoms with E-state index in [1.807, 2.05) is 0 Å². The van der Waals surface area contributed by atoms with Crippen molar-refractivity contribution >= 4 is 11.7 Å². The van der Waals surface area contributed by atoms with Crippen molar-refractivity contribution in [1.82, 2.24) is 10.2 Å². The Morgan fingerprint density at radius 1 is 0.947 bits per heavy atom. The number of aliphatic hydroxyl groups excluding tert-OH is 1. The number of rotatable bonds is 9. The number of benzene rings is 3. The number of nitrogens with zero attached hydrogens (tertiary/aromatic N) is 1. The van der Waals surface area contributed by atoms with Crippen molar-refractivity contribution in [2.24, 2.45) is 0 Å². The molecule has 0 spiro atoms. The van der Waals surface area contributed by atoms with Crippen LogP contribution in [0.2, 0.25) is 0 Å². The smallest absolute Gasteiger partial charge is 0.292 e. The first kappa shape index (κ1) is 25.7. The minimum atomic E-state index is -1.07. The number of carbonyl (C=O) groups excluding carboxylic acids is 2. The van der Waals surface area contributed by atoms with Gasteiger partial charge in [0.05, 0.1) is 6.04 Å². The van der Waals surface area contributed by atoms with Crippen LogP contribution in [0.25, 0.3) is 0 Å². The second-order valence-electron chi connectivity index (χ2n) is 9.35. The summed E-state index contributed by atoms with van der Waals surface area (Å²) in [5.41, 5.74) is 0.691. The molecule has 2 aliphatic rings. The predicted octanol–water partition coefficient (Wildman–Crippen LogP) is 3.89. The van der Waals surface area contributed by atoms with E-state index < -0.39 is 23.8 Å². The summed E-state index contributed by atoms with van der Waals surface area (Å²) in [6.07, 6.45) is 1.01. The Hall–Kier alpha value is -3.95. The Kier molecular flexibility index (Phi) is 7.86. The first-order valence-electron chi connectivity index (χ1n) is 12.6. The van der Waals surface area contributed by atoms with E-state index in [-0.39, 0.29) is 11.4 Å². The summed E-state index contributed by atoms with van der Waals surface area (Å²) in [7, 11) is 0. The fourth-order valence-electron chi connectivity index (χ4n) is 4.65. The van der Waals surface area contributed by atoms with Gasteiger partial charge in [-0.05, 0) is 80.0 Å². The van der Waals surface area contributed by atoms with E-state index in [2.05, 4.69) is 10.2 Å². The highest BCUT2D eigenvalue weighted by Crippen LogP contribution is 2.33. The van der Waals surface area contributed by atoms with Crippen LogP contribution in [-0.4, -0.2) is 60.6 Å². The maximum atomic E-state index is 13.2. The standard InChI is InChI=1S/C29H29FN2O6/c30-21-7-9-22(10-8-21)38-23-5-3-4-19(16-23)28(34)29(35)31-24(18-32-12-1-2-13-32)27(33)20-6-11-25-26(17-20)37-15-14-36-25/h3-11,16-17,24,27,33H,1-2,12-15,18H2,(H,31,35)/t24-,27-/m1/s1. The number of amides is 1. The number of nitrogens with one attached hydrogen (secondary N) is 1. The molecule has 2 atom stereocenters. The Morgan fingerprint density at radius 2 is 1.68 bits per heavy atom. The fourth-order valence-corrected chi connectivity index (χ4v) is 4.65. The first-order chi connectivity index (χ1) is 18.5. The maximum Gasteiger partial charge on any atom is 0.292 e. The lowest BCUT2D eigenvalue weighted by molar-refractivity contribution is -0.118. The van der Waals surface area contributed by atoms with Gasteiger partial charge < -0.3 is 29.5 Å². The molecule has 2 aliphatic heterocycles. The molecule has 1 saturated heterocycles. The van der Waals surface area contributed by atoms with Crippen molar-refractivity contribution < 1.29 is 33.3 Å². The predicted molar refractivity (Wildman–Crippen MR) is 137 cm³/mol. The van der Waals surface area contributed by atoms with Crippen LogP contribution < -0.4 is 19.5 Å². The Labute approximate surface area is 219 Å². The number of Topliss-reactive ketones (excluding diaryl/α,β-unsaturated/α-hetero) is 1. The largest absolute Gasteiger partial charge is 0.486 e. The van der Waals surface area contributed by atoms with E-state index >= 15 is 0 Å². The minimum Gasteiger partial charge on any atom is -0.486 e. The molecule has 0 saturated carbocycles. The molecule has 0 bridgehead atoms. The van der Waals surface area contributed by atoms with Gasteiger partial charge in [-0.1, -0.05) is 18.2 Å². The lowest BCUT2D eigenvalue weighted by Crippen LogP contribution is -2.48. The number of aliphatic hydroxyl groups is 1. The van der Waals surface area contributed by atoms with Crippen LogP contribution >= 0.6 is 0 Å². The van der Waals surface area contributed by atoms with Crippen LogP contribution in [0.5, 0.6) is 23.0 Å². The molecule has 5 rings (SSSR count). The SMILES string of the molecule is O=C(N[C@H](CN1CCCC1)[C@H](O)c1ccc2c(c1)OCCO2)C(=O)c1cccc(Oc2ccc(F)cc2)c1. The lowest BCUT2D eigenvalue weighted by Gasteiger charge is -2.29. The molecule has 0 aromatic heterocycles. The Morgan fingerprint density at radius 3 is 2.45 bits per heavy atom. The van der Waals surface area contributed by atoms with Gasteiger partial charge in [0.1, 0.15) is 36.6 Å². The van der Waals surface area contributed by atoms with Crippen molar-refractivity contribution in [3.05, 3.63) is 83.7 Å². The molecule has 3 aromatic rings. The maximum absolute atomic E-state index is 13.2. The van der Waals surface area contributed by atoms with Gasteiger partial charge in [0.25, 0.3) is 5.91 Å². The van der Waals surface area contributed by atoms with Crippen molar-refractivity contribution in [2.45, 2.75) is 25.0 Å². The Balaban J connectivity index is 1.31. The summed E-state index contributed by atoms with van der Waals surface area (Å²) in [5.74, 6) is -0.104. The molecule has 0 radical (unpaired) electrons. The number of hydrogen-bond acceptors (Lipinski definition) is 7. The lowest BCUT2D eigenvalue weighted by atomic mass is 10.00. The van der Waals surface area contributed by atoms with Crippen LogP contribution in [0.4, 0.5) is 4.39 Å². The molecular formula is C29H29FN2O6. The molecule has 198 valence electrons. The zero-order chi connectivity index (χ0) is 26.5. The van der Waals surface area contributed by atoms with Gasteiger partial charge >= 0.3 is 0 Å². The van der Waals surface area contributed by atoms with Gasteiger partial charge in [0.15, 0.2) is 11.5 Å². The van der Waals surface area contributed by atoms with Crippen LogP contribution in [0, 0.1) is 5.82 Å². The molecule has 38 heavy (non-hydrogen) atoms. The second kappa shape index (κ2) is 11.6. The number of halogens is 1. The summed E-state index contributed by atoms with van der Waals surface area (Å²) in [5, 5.41) is 14.0. The molecule has 3 aromatic carbocycles. The van der Waals surface area contributed by atoms with Gasteiger partial charge in [-0.25, -0.2) is 4.39 Å². The van der Waals surface area contributed by atoms with Crippen molar-refractivity contribution in [3.8, 4) is 23.0 Å². The molecule has 9 heteroatoms. The van der Waals surface area contributed by atoms with E-state index in [4.69, 9.17) is 14.2 Å². The van der Waals surface area contributed by atoms with E-state index in [9.17, 15) is 19.1 Å². The zero-order valence-corrected chi connectivity index (χ0v) is 20.8. The van der Waals surface area contributed by atoms with Crippen molar-refractivity contribution in [3.63, 3.8) is 0 Å². The summed E-state index contributed by atoms with van der Waals surface area (Å²) in [4.78, 5) is 28.3. The normalized spacial score (nSPS) is 16.5. The second-order valence-corrected chi connectivity index (χ2v) is 9.35. The van der Waals surface area contributed by atoms with Gasteiger partial charge in [-0.15, -0.1) is 0 Å². The number of ketones is 1. The molecule has 8 nitrogen and oxygen atoms in total. The summed E-state index contributed by atoms with van der Waals surface area (Å²) in [6.45, 7) is 2.98. The highest BCUT2D eigenvalue weighted by Gasteiger charge is 2.30. The summed E-state index contributed by atoms with van der Waals surface area (Å²) >= 11 is 0. The third-order valence-corrected chi connectivity index (χ3v) is 6.61. The molecule has 0 aliphatic carbocycles. The van der Waals surface area contributed by atoms with Crippen molar-refractivity contribution in [2.75, 3.05) is 32.8 Å². The molecule has 2 N–H and O–H groups in total. The first-order valence-corrected chi connectivity index (χ1v) is 12.6. The van der Waals surface area contributed by atoms with Gasteiger partial charge in [-0.3, -0.25) is 9.59 Å². The molecular weight excluding hydrogens is 491 g/mol. The van der Waals surface area contributed by atoms with E-state index in [1.165, 1.54) is 36.4 Å². The van der Waals surface area contributed by atoms with E-state index in [1.54, 1.807) is 30.3 Å². The number of likely N-dealkylation sites (tertiary alicyclic amines) is 1. The highest BCUT2D eigenvalue weighted by atomic mass is 19.1. The fraction of sp³-hybridized carbons (Fsp3) is 0.310. The molecule has 1 fully saturated rings. The van der Waals surface area contributed by atoms with Gasteiger partial charge in [-0.2, -0.15) is 0 Å². The molecule has 2 heterocycles. The van der Waals surface area contributed by atoms with Crippen LogP contribution in [0.3, 0.4) is 0 Å². The number of carbonyl (C=O) groups is 2. The third-order valence-electron chi connectivity index (χ3n) is 6.61. The average molecular weight is 521 g/mol. The summed E-state index contributed by atoms with van der Waals surface area (Å²) < 4.78 is 30.1. The van der Waals surface area contributed by atoms with Crippen LogP contribution in [0.1, 0.15) is 34.9 Å². The zero-order valence-electron chi connectivity index (χ0n) is 20.8. The number of fused-ring (bicyclic) bond motifs is 1. The summed E-state index contributed by atoms with van der Waals surface area (Å²) in [6, 6.07) is 16.1. The highest BCUT2D eigenvalue weighted by molar-refractivity contribution is 6.42. The third kappa shape index (κ3) is 6.12. The number of ether oxygens (including phenoxy) is 3. The van der Waals surface area contributed by atoms with Crippen LogP contribution in [-0.2, 0) is 4.79 Å². The van der Waals surface area contributed by atoms with Crippen molar-refractivity contribution in [1.29, 1.82) is 0 Å². The topological polar surface area (TPSA) is 97.3 Å². The van der Waals surface area contributed by atoms with Crippen LogP contribution in [0.15, 0.2) is 66.7 Å².